The molecule has 1 aliphatic rings. The number of nitrogens with zero attached hydrogens (tertiary/aromatic N) is 4. The van der Waals surface area contributed by atoms with Crippen molar-refractivity contribution < 1.29 is 4.42 Å². The first kappa shape index (κ1) is 35.8. The molecule has 0 saturated carbocycles. The summed E-state index contributed by atoms with van der Waals surface area (Å²) < 4.78 is 11.5. The molecule has 296 valence electrons. The number of fused-ring (bicyclic) bond motifs is 10. The Morgan fingerprint density at radius 3 is 1.86 bits per heavy atom. The summed E-state index contributed by atoms with van der Waals surface area (Å²) >= 11 is 1.84. The standard InChI is InChI=1S/C57H36N4OS/c1-4-15-35(16-5-1)55-58-56(36-17-6-2-7-18-36)60-57(59-55)47-33-40(32-46-43-24-11-13-26-51(43)63-54(46)47)38-20-14-19-37(31-38)39-27-28-45-49(34-39)61(41-21-8-3-9-22-41)48-30-29-44-42-23-10-12-25-50(42)62-53(44)52(45)48/h1-10,12,14-34H,11,13H2. The number of hydrogen-bond donors (Lipinski definition) is 0. The highest BCUT2D eigenvalue weighted by atomic mass is 32.1. The van der Waals surface area contributed by atoms with Gasteiger partial charge in [0.25, 0.3) is 0 Å². The van der Waals surface area contributed by atoms with Crippen molar-refractivity contribution in [2.75, 3.05) is 0 Å². The van der Waals surface area contributed by atoms with E-state index in [-0.39, 0.29) is 0 Å². The topological polar surface area (TPSA) is 56.7 Å². The van der Waals surface area contributed by atoms with Gasteiger partial charge in [0, 0.05) is 53.2 Å². The van der Waals surface area contributed by atoms with Crippen molar-refractivity contribution in [3.8, 4) is 62.1 Å². The van der Waals surface area contributed by atoms with Crippen LogP contribution in [0.3, 0.4) is 0 Å². The van der Waals surface area contributed by atoms with Gasteiger partial charge in [0.15, 0.2) is 17.5 Å². The van der Waals surface area contributed by atoms with Gasteiger partial charge >= 0.3 is 0 Å². The maximum Gasteiger partial charge on any atom is 0.165 e. The van der Waals surface area contributed by atoms with E-state index in [1.807, 2.05) is 53.8 Å². The summed E-state index contributed by atoms with van der Waals surface area (Å²) in [6.07, 6.45) is 6.85. The van der Waals surface area contributed by atoms with E-state index >= 15 is 0 Å². The van der Waals surface area contributed by atoms with Crippen molar-refractivity contribution in [3.05, 3.63) is 192 Å². The monoisotopic (exact) mass is 824 g/mol. The fourth-order valence-corrected chi connectivity index (χ4v) is 10.8. The molecular weight excluding hydrogens is 789 g/mol. The highest BCUT2D eigenvalue weighted by molar-refractivity contribution is 7.17. The van der Waals surface area contributed by atoms with E-state index in [0.29, 0.717) is 17.5 Å². The summed E-state index contributed by atoms with van der Waals surface area (Å²) in [7, 11) is 0. The molecule has 63 heavy (non-hydrogen) atoms. The van der Waals surface area contributed by atoms with Crippen LogP contribution in [-0.2, 0) is 0 Å². The molecule has 0 N–H and O–H groups in total. The van der Waals surface area contributed by atoms with Crippen molar-refractivity contribution in [3.63, 3.8) is 0 Å². The Balaban J connectivity index is 1.01. The number of aromatic nitrogens is 4. The molecule has 4 aromatic heterocycles. The van der Waals surface area contributed by atoms with Crippen LogP contribution >= 0.6 is 11.3 Å². The molecule has 1 aliphatic carbocycles. The molecule has 13 rings (SSSR count). The van der Waals surface area contributed by atoms with Gasteiger partial charge in [-0.2, -0.15) is 0 Å². The van der Waals surface area contributed by atoms with E-state index in [1.54, 1.807) is 0 Å². The molecule has 0 fully saturated rings. The first-order chi connectivity index (χ1) is 31.2. The summed E-state index contributed by atoms with van der Waals surface area (Å²) in [5.41, 5.74) is 12.6. The molecule has 0 radical (unpaired) electrons. The SMILES string of the molecule is C1=c2sc3c(-c4nc(-c5ccccc5)nc(-c5ccccc5)n4)cc(-c4cccc(-c5ccc6c7c8oc9ccccc9c8ccc7n(-c7ccccc7)c6c5)c4)cc3c2=CCC1. The molecule has 4 heterocycles. The second-order valence-corrected chi connectivity index (χ2v) is 17.3. The lowest BCUT2D eigenvalue weighted by Crippen LogP contribution is -2.20. The van der Waals surface area contributed by atoms with Gasteiger partial charge in [0.05, 0.1) is 16.4 Å². The smallest absolute Gasteiger partial charge is 0.165 e. The molecule has 0 atom stereocenters. The van der Waals surface area contributed by atoms with Crippen LogP contribution in [0.4, 0.5) is 0 Å². The highest BCUT2D eigenvalue weighted by Gasteiger charge is 2.21. The number of benzene rings is 8. The minimum absolute atomic E-state index is 0.656. The Labute approximate surface area is 366 Å². The fourth-order valence-electron chi connectivity index (χ4n) is 9.50. The van der Waals surface area contributed by atoms with E-state index in [9.17, 15) is 0 Å². The Bertz CT molecular complexity index is 3850. The quantitative estimate of drug-likeness (QED) is 0.168. The molecule has 0 saturated heterocycles. The van der Waals surface area contributed by atoms with Crippen LogP contribution in [0, 0.1) is 0 Å². The van der Waals surface area contributed by atoms with Crippen molar-refractivity contribution in [2.45, 2.75) is 12.8 Å². The van der Waals surface area contributed by atoms with Crippen LogP contribution in [0.25, 0.3) is 128 Å². The molecule has 12 aromatic rings. The predicted octanol–water partition coefficient (Wildman–Crippen LogP) is 13.8. The van der Waals surface area contributed by atoms with Gasteiger partial charge in [-0.25, -0.2) is 15.0 Å². The van der Waals surface area contributed by atoms with E-state index < -0.39 is 0 Å². The van der Waals surface area contributed by atoms with E-state index in [2.05, 4.69) is 156 Å². The summed E-state index contributed by atoms with van der Waals surface area (Å²) in [5, 5.41) is 7.08. The first-order valence-electron chi connectivity index (χ1n) is 21.4. The second-order valence-electron chi connectivity index (χ2n) is 16.2. The lowest BCUT2D eigenvalue weighted by Gasteiger charge is -2.12. The molecule has 0 aliphatic heterocycles. The van der Waals surface area contributed by atoms with Crippen LogP contribution in [0.2, 0.25) is 0 Å². The van der Waals surface area contributed by atoms with Crippen molar-refractivity contribution >= 4 is 77.3 Å². The molecule has 0 bridgehead atoms. The summed E-state index contributed by atoms with van der Waals surface area (Å²) in [6, 6.07) is 64.3. The van der Waals surface area contributed by atoms with Crippen molar-refractivity contribution in [2.24, 2.45) is 0 Å². The summed E-state index contributed by atoms with van der Waals surface area (Å²) in [6.45, 7) is 0. The van der Waals surface area contributed by atoms with Gasteiger partial charge in [0.2, 0.25) is 0 Å². The summed E-state index contributed by atoms with van der Waals surface area (Å²) in [5.74, 6) is 1.98. The lowest BCUT2D eigenvalue weighted by atomic mass is 9.95. The van der Waals surface area contributed by atoms with Gasteiger partial charge in [-0.15, -0.1) is 11.3 Å². The minimum Gasteiger partial charge on any atom is -0.455 e. The summed E-state index contributed by atoms with van der Waals surface area (Å²) in [4.78, 5) is 15.5. The second kappa shape index (κ2) is 14.3. The Hall–Kier alpha value is -7.93. The lowest BCUT2D eigenvalue weighted by molar-refractivity contribution is 0.673. The maximum absolute atomic E-state index is 6.63. The predicted molar refractivity (Wildman–Crippen MR) is 261 cm³/mol. The van der Waals surface area contributed by atoms with Gasteiger partial charge in [-0.3, -0.25) is 0 Å². The van der Waals surface area contributed by atoms with Crippen LogP contribution in [0.5, 0.6) is 0 Å². The van der Waals surface area contributed by atoms with E-state index in [0.717, 1.165) is 101 Å². The zero-order chi connectivity index (χ0) is 41.4. The normalized spacial score (nSPS) is 12.6. The molecular formula is C57H36N4OS. The third kappa shape index (κ3) is 5.87. The minimum atomic E-state index is 0.656. The van der Waals surface area contributed by atoms with Crippen LogP contribution in [0.15, 0.2) is 186 Å². The van der Waals surface area contributed by atoms with E-state index in [4.69, 9.17) is 19.4 Å². The number of thiophene rings is 1. The highest BCUT2D eigenvalue weighted by Crippen LogP contribution is 2.42. The van der Waals surface area contributed by atoms with E-state index in [1.165, 1.54) is 19.8 Å². The molecule has 0 unspecified atom stereocenters. The average Bonchev–Trinajstić information content (AvgIpc) is 4.04. The maximum atomic E-state index is 6.63. The first-order valence-corrected chi connectivity index (χ1v) is 22.2. The number of rotatable bonds is 6. The Morgan fingerprint density at radius 1 is 0.444 bits per heavy atom. The van der Waals surface area contributed by atoms with Crippen molar-refractivity contribution in [1.82, 2.24) is 19.5 Å². The largest absolute Gasteiger partial charge is 0.455 e. The van der Waals surface area contributed by atoms with Crippen LogP contribution < -0.4 is 9.75 Å². The van der Waals surface area contributed by atoms with Crippen LogP contribution in [-0.4, -0.2) is 19.5 Å². The number of furan rings is 1. The fraction of sp³-hybridized carbons (Fsp3) is 0.0351. The van der Waals surface area contributed by atoms with Gasteiger partial charge < -0.3 is 8.98 Å². The molecule has 0 amide bonds. The zero-order valence-corrected chi connectivity index (χ0v) is 34.8. The third-order valence-corrected chi connectivity index (χ3v) is 13.7. The molecule has 0 spiro atoms. The van der Waals surface area contributed by atoms with Gasteiger partial charge in [-0.05, 0) is 94.9 Å². The zero-order valence-electron chi connectivity index (χ0n) is 34.0. The number of para-hydroxylation sites is 2. The van der Waals surface area contributed by atoms with Gasteiger partial charge in [0.1, 0.15) is 11.2 Å². The molecule has 5 nitrogen and oxygen atoms in total. The number of hydrogen-bond acceptors (Lipinski definition) is 5. The Morgan fingerprint density at radius 2 is 1.08 bits per heavy atom. The molecule has 8 aromatic carbocycles. The van der Waals surface area contributed by atoms with Crippen molar-refractivity contribution in [1.29, 1.82) is 0 Å². The van der Waals surface area contributed by atoms with Gasteiger partial charge in [-0.1, -0.05) is 140 Å². The Kier molecular flexibility index (Phi) is 8.14. The molecule has 6 heteroatoms. The third-order valence-electron chi connectivity index (χ3n) is 12.5. The average molecular weight is 825 g/mol. The van der Waals surface area contributed by atoms with Crippen LogP contribution in [0.1, 0.15) is 12.8 Å².